The first kappa shape index (κ1) is 53.4. The van der Waals surface area contributed by atoms with Crippen LogP contribution in [0.1, 0.15) is 233 Å². The molecule has 324 valence electrons. The van der Waals surface area contributed by atoms with E-state index in [4.69, 9.17) is 14.2 Å². The molecule has 0 N–H and O–H groups in total. The molecule has 0 saturated carbocycles. The number of carbonyl (C=O) groups excluding carboxylic acids is 3. The Morgan fingerprint density at radius 1 is 0.357 bits per heavy atom. The molecule has 0 rings (SSSR count). The largest absolute Gasteiger partial charge is 0.462 e. The molecule has 0 aliphatic rings. The fourth-order valence-corrected chi connectivity index (χ4v) is 6.44. The van der Waals surface area contributed by atoms with Crippen LogP contribution in [-0.2, 0) is 28.6 Å². The van der Waals surface area contributed by atoms with E-state index >= 15 is 0 Å². The molecule has 6 heteroatoms. The van der Waals surface area contributed by atoms with Gasteiger partial charge < -0.3 is 14.2 Å². The highest BCUT2D eigenvalue weighted by atomic mass is 16.6. The standard InChI is InChI=1S/C50H88O6/c1-4-7-10-13-16-18-20-22-23-24-25-26-27-28-30-31-34-37-40-43-49(52)55-46-47(45-54-48(51)42-39-36-33-15-12-9-6-3)56-50(53)44-41-38-35-32-29-21-19-17-14-11-8-5-2/h16-19,22-23,25-26,47H,4-15,20-21,24,27-46H2,1-3H3/b18-16-,19-17-,23-22-,26-25-. The molecule has 0 aromatic carbocycles. The number of rotatable bonds is 42. The zero-order valence-electron chi connectivity index (χ0n) is 36.9. The first-order valence-electron chi connectivity index (χ1n) is 23.6. The quantitative estimate of drug-likeness (QED) is 0.0265. The molecule has 6 nitrogen and oxygen atoms in total. The fourth-order valence-electron chi connectivity index (χ4n) is 6.44. The summed E-state index contributed by atoms with van der Waals surface area (Å²) < 4.78 is 16.7. The van der Waals surface area contributed by atoms with Gasteiger partial charge in [-0.25, -0.2) is 0 Å². The second-order valence-corrected chi connectivity index (χ2v) is 15.7. The molecule has 0 saturated heterocycles. The lowest BCUT2D eigenvalue weighted by Gasteiger charge is -2.18. The molecule has 1 atom stereocenters. The molecule has 0 radical (unpaired) electrons. The lowest BCUT2D eigenvalue weighted by atomic mass is 10.1. The average molecular weight is 785 g/mol. The Bertz CT molecular complexity index is 996. The number of allylic oxidation sites excluding steroid dienone is 8. The van der Waals surface area contributed by atoms with Gasteiger partial charge in [-0.05, 0) is 83.5 Å². The highest BCUT2D eigenvalue weighted by Crippen LogP contribution is 2.13. The molecule has 0 fully saturated rings. The second-order valence-electron chi connectivity index (χ2n) is 15.7. The zero-order chi connectivity index (χ0) is 40.8. The fraction of sp³-hybridized carbons (Fsp3) is 0.780. The van der Waals surface area contributed by atoms with Crippen LogP contribution in [0.3, 0.4) is 0 Å². The van der Waals surface area contributed by atoms with Gasteiger partial charge in [-0.3, -0.25) is 14.4 Å². The van der Waals surface area contributed by atoms with Crippen molar-refractivity contribution in [1.29, 1.82) is 0 Å². The summed E-state index contributed by atoms with van der Waals surface area (Å²) in [4.78, 5) is 37.6. The normalized spacial score (nSPS) is 12.4. The molecule has 0 aliphatic carbocycles. The van der Waals surface area contributed by atoms with E-state index in [0.29, 0.717) is 19.3 Å². The summed E-state index contributed by atoms with van der Waals surface area (Å²) in [6.45, 7) is 6.52. The molecule has 0 heterocycles. The van der Waals surface area contributed by atoms with Gasteiger partial charge in [0, 0.05) is 19.3 Å². The van der Waals surface area contributed by atoms with Crippen LogP contribution in [-0.4, -0.2) is 37.2 Å². The maximum absolute atomic E-state index is 12.7. The molecule has 0 bridgehead atoms. The number of esters is 3. The Morgan fingerprint density at radius 3 is 1.05 bits per heavy atom. The van der Waals surface area contributed by atoms with Gasteiger partial charge in [-0.1, -0.05) is 179 Å². The summed E-state index contributed by atoms with van der Waals surface area (Å²) in [5.74, 6) is -0.909. The van der Waals surface area contributed by atoms with Gasteiger partial charge in [-0.15, -0.1) is 0 Å². The van der Waals surface area contributed by atoms with E-state index < -0.39 is 6.10 Å². The third-order valence-electron chi connectivity index (χ3n) is 10.1. The summed E-state index contributed by atoms with van der Waals surface area (Å²) in [5.41, 5.74) is 0. The smallest absolute Gasteiger partial charge is 0.306 e. The predicted octanol–water partition coefficient (Wildman–Crippen LogP) is 15.1. The van der Waals surface area contributed by atoms with Gasteiger partial charge in [0.2, 0.25) is 0 Å². The van der Waals surface area contributed by atoms with E-state index in [1.165, 1.54) is 103 Å². The molecule has 56 heavy (non-hydrogen) atoms. The van der Waals surface area contributed by atoms with Crippen molar-refractivity contribution in [2.45, 2.75) is 239 Å². The van der Waals surface area contributed by atoms with E-state index in [1.807, 2.05) is 0 Å². The predicted molar refractivity (Wildman–Crippen MR) is 238 cm³/mol. The van der Waals surface area contributed by atoms with Crippen molar-refractivity contribution in [3.63, 3.8) is 0 Å². The highest BCUT2D eigenvalue weighted by molar-refractivity contribution is 5.71. The number of carbonyl (C=O) groups is 3. The minimum absolute atomic E-state index is 0.0803. The van der Waals surface area contributed by atoms with E-state index in [9.17, 15) is 14.4 Å². The van der Waals surface area contributed by atoms with Crippen LogP contribution in [0.5, 0.6) is 0 Å². The van der Waals surface area contributed by atoms with Crippen LogP contribution in [0, 0.1) is 0 Å². The molecular formula is C50H88O6. The van der Waals surface area contributed by atoms with Crippen LogP contribution in [0.15, 0.2) is 48.6 Å². The molecule has 1 unspecified atom stereocenters. The minimum Gasteiger partial charge on any atom is -0.462 e. The van der Waals surface area contributed by atoms with Gasteiger partial charge in [0.05, 0.1) is 0 Å². The maximum atomic E-state index is 12.7. The Morgan fingerprint density at radius 2 is 0.643 bits per heavy atom. The van der Waals surface area contributed by atoms with Gasteiger partial charge in [0.15, 0.2) is 6.10 Å². The van der Waals surface area contributed by atoms with E-state index in [0.717, 1.165) is 89.9 Å². The molecule has 0 amide bonds. The van der Waals surface area contributed by atoms with E-state index in [2.05, 4.69) is 69.4 Å². The number of ether oxygens (including phenoxy) is 3. The van der Waals surface area contributed by atoms with Gasteiger partial charge in [0.1, 0.15) is 13.2 Å². The molecule has 0 aromatic heterocycles. The second kappa shape index (κ2) is 45.1. The van der Waals surface area contributed by atoms with Gasteiger partial charge in [-0.2, -0.15) is 0 Å². The van der Waals surface area contributed by atoms with Crippen molar-refractivity contribution < 1.29 is 28.6 Å². The lowest BCUT2D eigenvalue weighted by Crippen LogP contribution is -2.30. The average Bonchev–Trinajstić information content (AvgIpc) is 3.19. The summed E-state index contributed by atoms with van der Waals surface area (Å²) in [6, 6.07) is 0. The third kappa shape index (κ3) is 42.5. The Kier molecular flexibility index (Phi) is 43.0. The van der Waals surface area contributed by atoms with Crippen molar-refractivity contribution in [2.24, 2.45) is 0 Å². The summed E-state index contributed by atoms with van der Waals surface area (Å²) in [7, 11) is 0. The van der Waals surface area contributed by atoms with Crippen LogP contribution < -0.4 is 0 Å². The van der Waals surface area contributed by atoms with Crippen molar-refractivity contribution in [3.8, 4) is 0 Å². The number of hydrogen-bond donors (Lipinski definition) is 0. The third-order valence-corrected chi connectivity index (χ3v) is 10.1. The highest BCUT2D eigenvalue weighted by Gasteiger charge is 2.19. The van der Waals surface area contributed by atoms with Gasteiger partial charge in [0.25, 0.3) is 0 Å². The number of unbranched alkanes of at least 4 members (excludes halogenated alkanes) is 23. The summed E-state index contributed by atoms with van der Waals surface area (Å²) in [6.07, 6.45) is 52.4. The molecule has 0 aliphatic heterocycles. The maximum Gasteiger partial charge on any atom is 0.306 e. The molecule has 0 spiro atoms. The number of hydrogen-bond acceptors (Lipinski definition) is 6. The first-order chi connectivity index (χ1) is 27.5. The topological polar surface area (TPSA) is 78.9 Å². The Balaban J connectivity index is 4.29. The lowest BCUT2D eigenvalue weighted by molar-refractivity contribution is -0.167. The molecule has 0 aromatic rings. The Labute approximate surface area is 346 Å². The first-order valence-corrected chi connectivity index (χ1v) is 23.6. The minimum atomic E-state index is -0.777. The van der Waals surface area contributed by atoms with Gasteiger partial charge >= 0.3 is 17.9 Å². The van der Waals surface area contributed by atoms with Crippen LogP contribution in [0.4, 0.5) is 0 Å². The summed E-state index contributed by atoms with van der Waals surface area (Å²) in [5, 5.41) is 0. The van der Waals surface area contributed by atoms with E-state index in [1.54, 1.807) is 0 Å². The zero-order valence-corrected chi connectivity index (χ0v) is 36.9. The van der Waals surface area contributed by atoms with Crippen LogP contribution in [0.2, 0.25) is 0 Å². The van der Waals surface area contributed by atoms with Crippen molar-refractivity contribution in [3.05, 3.63) is 48.6 Å². The summed E-state index contributed by atoms with van der Waals surface area (Å²) >= 11 is 0. The van der Waals surface area contributed by atoms with E-state index in [-0.39, 0.29) is 31.1 Å². The van der Waals surface area contributed by atoms with Crippen molar-refractivity contribution in [2.75, 3.05) is 13.2 Å². The van der Waals surface area contributed by atoms with Crippen LogP contribution >= 0.6 is 0 Å². The van der Waals surface area contributed by atoms with Crippen molar-refractivity contribution >= 4 is 17.9 Å². The Hall–Kier alpha value is -2.63. The van der Waals surface area contributed by atoms with Crippen LogP contribution in [0.25, 0.3) is 0 Å². The molecular weight excluding hydrogens is 697 g/mol. The van der Waals surface area contributed by atoms with Crippen molar-refractivity contribution in [1.82, 2.24) is 0 Å². The SMILES string of the molecule is CCCCC/C=C\C/C=C\C/C=C\CCCCCCCCC(=O)OCC(COC(=O)CCCCCCCCC)OC(=O)CCCCCCC/C=C\CCCCC. The monoisotopic (exact) mass is 785 g/mol.